The van der Waals surface area contributed by atoms with E-state index < -0.39 is 5.82 Å². The number of rotatable bonds is 9. The van der Waals surface area contributed by atoms with Crippen LogP contribution in [0.3, 0.4) is 0 Å². The highest BCUT2D eigenvalue weighted by molar-refractivity contribution is 6.09. The first kappa shape index (κ1) is 71.4. The molecule has 20 aromatic rings. The fraction of sp³-hybridized carbons (Fsp3) is 0.0659. The van der Waals surface area contributed by atoms with E-state index in [1.54, 1.807) is 95.1 Å². The molecule has 0 aliphatic rings. The molecule has 22 nitrogen and oxygen atoms in total. The van der Waals surface area contributed by atoms with Crippen LogP contribution in [0.2, 0.25) is 0 Å². The van der Waals surface area contributed by atoms with Gasteiger partial charge in [-0.05, 0) is 181 Å². The number of aromatic amines is 1. The van der Waals surface area contributed by atoms with E-state index in [0.29, 0.717) is 11.2 Å². The summed E-state index contributed by atoms with van der Waals surface area (Å²) in [7, 11) is 5.16. The van der Waals surface area contributed by atoms with Crippen molar-refractivity contribution >= 4 is 93.2 Å². The van der Waals surface area contributed by atoms with Crippen molar-refractivity contribution in [2.45, 2.75) is 20.8 Å². The summed E-state index contributed by atoms with van der Waals surface area (Å²) >= 11 is 0. The zero-order valence-corrected chi connectivity index (χ0v) is 62.3. The number of aryl methyl sites for hydroxylation is 5. The number of hydrogen-bond acceptors (Lipinski definition) is 15. The summed E-state index contributed by atoms with van der Waals surface area (Å²) in [5.74, 6) is -0.180. The van der Waals surface area contributed by atoms with E-state index in [1.165, 1.54) is 25.3 Å². The van der Waals surface area contributed by atoms with Crippen molar-refractivity contribution in [3.05, 3.63) is 351 Å². The number of nitrogens with zero attached hydrogens (tertiary/aromatic N) is 15. The number of anilines is 1. The smallest absolute Gasteiger partial charge is 0.255 e. The SMILES string of the molecule is COc1cc(-n2c(=O)ccc3cnc4ccc(-c5cnn(C)c5)cc4c32)ccc1F.Cc1cccc(-n2c(=O)ccc3cnc4ccc(-c5cn[nH]c5)cc4c32)c1.Cc1cccc(-n2c(=O)ccc3cnc4ccc(-c5cnc(N)nc5)cc4c32)c1.Cc1cccc(-n2c(=O)ccc3cnc4ccc(-c5cnn(C)c5)cc4c32)c1. The first-order valence-corrected chi connectivity index (χ1v) is 36.3. The standard InChI is InChI=1S/C23H17FN4O2.C23H17N5O.C23H18N4O.C22H16N4O/c1-27-13-16(12-26-27)14-3-7-20-18(9-14)23-15(11-25-20)4-8-22(29)28(23)17-5-6-19(24)21(10-17)30-2;1-14-3-2-4-18(9-14)28-21(29)8-6-16-11-25-20-7-5-15(10-19(20)22(16)28)17-12-26-23(24)27-13-17;1-15-4-3-5-19(10-15)27-22(28)9-7-17-12-24-21-8-6-16(11-20(21)23(17)27)18-13-25-26(2)14-18;1-14-3-2-4-18(9-14)26-21(27)8-6-16-11-23-20-7-5-15(10-19(20)22(16)26)17-12-24-25-13-17/h3-13H,1-2H3;2-13H,1H3,(H2,24,26,27);3-14H,1-2H3;2-13H,1H3,(H,24,25). The van der Waals surface area contributed by atoms with Gasteiger partial charge in [0.25, 0.3) is 22.2 Å². The zero-order valence-electron chi connectivity index (χ0n) is 62.3. The van der Waals surface area contributed by atoms with Crippen LogP contribution < -0.4 is 32.7 Å². The lowest BCUT2D eigenvalue weighted by molar-refractivity contribution is 0.386. The Morgan fingerprint density at radius 1 is 0.351 bits per heavy atom. The molecule has 0 atom stereocenters. The first-order valence-electron chi connectivity index (χ1n) is 36.3. The molecule has 23 heteroatoms. The molecule has 114 heavy (non-hydrogen) atoms. The molecular formula is C91H68FN17O5. The molecule has 12 aromatic heterocycles. The lowest BCUT2D eigenvalue weighted by Crippen LogP contribution is -2.18. The zero-order chi connectivity index (χ0) is 78.4. The number of fused-ring (bicyclic) bond motifs is 12. The number of ether oxygens (including phenoxy) is 1. The maximum absolute atomic E-state index is 14.0. The van der Waals surface area contributed by atoms with E-state index in [9.17, 15) is 23.6 Å². The van der Waals surface area contributed by atoms with Gasteiger partial charge in [0.1, 0.15) is 0 Å². The summed E-state index contributed by atoms with van der Waals surface area (Å²) in [4.78, 5) is 78.0. The van der Waals surface area contributed by atoms with E-state index >= 15 is 0 Å². The van der Waals surface area contributed by atoms with E-state index in [-0.39, 0.29) is 33.9 Å². The minimum Gasteiger partial charge on any atom is -0.494 e. The van der Waals surface area contributed by atoms with Crippen molar-refractivity contribution in [1.29, 1.82) is 0 Å². The number of hydrogen-bond donors (Lipinski definition) is 2. The Balaban J connectivity index is 0.000000110. The molecule has 0 saturated heterocycles. The molecule has 0 spiro atoms. The van der Waals surface area contributed by atoms with Gasteiger partial charge in [0, 0.05) is 183 Å². The predicted molar refractivity (Wildman–Crippen MR) is 448 cm³/mol. The van der Waals surface area contributed by atoms with Crippen molar-refractivity contribution in [1.82, 2.24) is 77.9 Å². The minimum absolute atomic E-state index is 0.0580. The number of pyridine rings is 8. The van der Waals surface area contributed by atoms with Crippen molar-refractivity contribution in [2.24, 2.45) is 14.1 Å². The molecule has 12 heterocycles. The molecule has 20 rings (SSSR count). The third kappa shape index (κ3) is 13.8. The van der Waals surface area contributed by atoms with Crippen LogP contribution >= 0.6 is 0 Å². The average Bonchev–Trinajstić information content (AvgIpc) is 1.32. The van der Waals surface area contributed by atoms with Gasteiger partial charge in [-0.2, -0.15) is 15.3 Å². The monoisotopic (exact) mass is 1500 g/mol. The Kier molecular flexibility index (Phi) is 18.7. The molecule has 3 N–H and O–H groups in total. The Morgan fingerprint density at radius 3 is 1.03 bits per heavy atom. The Labute approximate surface area is 648 Å². The molecule has 0 saturated carbocycles. The van der Waals surface area contributed by atoms with E-state index in [1.807, 2.05) is 224 Å². The molecular weight excluding hydrogens is 1430 g/mol. The number of nitrogen functional groups attached to an aromatic ring is 1. The van der Waals surface area contributed by atoms with Crippen LogP contribution in [-0.4, -0.2) is 85.0 Å². The summed E-state index contributed by atoms with van der Waals surface area (Å²) < 4.78 is 29.5. The fourth-order valence-corrected chi connectivity index (χ4v) is 14.5. The van der Waals surface area contributed by atoms with Crippen LogP contribution in [0.5, 0.6) is 5.75 Å². The lowest BCUT2D eigenvalue weighted by atomic mass is 10.0. The Morgan fingerprint density at radius 2 is 0.702 bits per heavy atom. The molecule has 0 fully saturated rings. The number of nitrogens with one attached hydrogen (secondary N) is 1. The maximum Gasteiger partial charge on any atom is 0.255 e. The van der Waals surface area contributed by atoms with Gasteiger partial charge < -0.3 is 10.5 Å². The summed E-state index contributed by atoms with van der Waals surface area (Å²) in [5, 5.41) is 22.5. The number of benzene rings is 8. The van der Waals surface area contributed by atoms with Crippen molar-refractivity contribution in [3.63, 3.8) is 0 Å². The molecule has 0 unspecified atom stereocenters. The fourth-order valence-electron chi connectivity index (χ4n) is 14.5. The minimum atomic E-state index is -0.486. The molecule has 8 aromatic carbocycles. The average molecular weight is 1500 g/mol. The van der Waals surface area contributed by atoms with Gasteiger partial charge in [0.15, 0.2) is 11.6 Å². The van der Waals surface area contributed by atoms with Crippen LogP contribution in [0.1, 0.15) is 16.7 Å². The maximum atomic E-state index is 14.0. The second-order valence-corrected chi connectivity index (χ2v) is 27.7. The van der Waals surface area contributed by atoms with Crippen molar-refractivity contribution < 1.29 is 9.13 Å². The lowest BCUT2D eigenvalue weighted by Gasteiger charge is -2.14. The highest BCUT2D eigenvalue weighted by Gasteiger charge is 2.19. The summed E-state index contributed by atoms with van der Waals surface area (Å²) in [6.45, 7) is 6.06. The number of methoxy groups -OCH3 is 1. The molecule has 0 radical (unpaired) electrons. The van der Waals surface area contributed by atoms with Crippen LogP contribution in [0.4, 0.5) is 10.3 Å². The summed E-state index contributed by atoms with van der Waals surface area (Å²) in [5.41, 5.74) is 25.9. The number of H-pyrrole nitrogens is 1. The molecule has 0 aliphatic carbocycles. The highest BCUT2D eigenvalue weighted by Crippen LogP contribution is 2.36. The summed E-state index contributed by atoms with van der Waals surface area (Å²) in [6.07, 6.45) is 21.7. The van der Waals surface area contributed by atoms with Gasteiger partial charge in [0.05, 0.1) is 75.5 Å². The second kappa shape index (κ2) is 29.8. The third-order valence-corrected chi connectivity index (χ3v) is 20.0. The summed E-state index contributed by atoms with van der Waals surface area (Å²) in [6, 6.07) is 65.8. The third-order valence-electron chi connectivity index (χ3n) is 20.0. The first-order chi connectivity index (χ1) is 55.4. The number of nitrogens with two attached hydrogens (primary N) is 1. The highest BCUT2D eigenvalue weighted by atomic mass is 19.1. The van der Waals surface area contributed by atoms with Crippen LogP contribution in [0.15, 0.2) is 306 Å². The molecule has 0 amide bonds. The van der Waals surface area contributed by atoms with Crippen LogP contribution in [0, 0.1) is 26.6 Å². The van der Waals surface area contributed by atoms with Gasteiger partial charge in [0.2, 0.25) is 5.95 Å². The van der Waals surface area contributed by atoms with E-state index in [2.05, 4.69) is 62.4 Å². The van der Waals surface area contributed by atoms with Gasteiger partial charge in [-0.15, -0.1) is 0 Å². The van der Waals surface area contributed by atoms with E-state index in [4.69, 9.17) is 10.5 Å². The number of halogens is 1. The largest absolute Gasteiger partial charge is 0.494 e. The van der Waals surface area contributed by atoms with Gasteiger partial charge >= 0.3 is 0 Å². The van der Waals surface area contributed by atoms with Crippen LogP contribution in [-0.2, 0) is 14.1 Å². The molecule has 554 valence electrons. The quantitative estimate of drug-likeness (QED) is 0.127. The molecule has 0 bridgehead atoms. The van der Waals surface area contributed by atoms with Gasteiger partial charge in [-0.3, -0.25) is 71.8 Å². The van der Waals surface area contributed by atoms with Crippen molar-refractivity contribution in [3.8, 4) is 73.0 Å². The normalized spacial score (nSPS) is 11.3. The predicted octanol–water partition coefficient (Wildman–Crippen LogP) is 16.5. The van der Waals surface area contributed by atoms with Crippen LogP contribution in [0.25, 0.3) is 154 Å². The van der Waals surface area contributed by atoms with Gasteiger partial charge in [-0.25, -0.2) is 14.4 Å². The van der Waals surface area contributed by atoms with E-state index in [0.717, 1.165) is 160 Å². The Bertz CT molecular complexity index is 7450. The van der Waals surface area contributed by atoms with Gasteiger partial charge in [-0.1, -0.05) is 60.7 Å². The number of aromatic nitrogens is 16. The topological polar surface area (TPSA) is 265 Å². The molecule has 0 aliphatic heterocycles. The Hall–Kier alpha value is -15.5. The van der Waals surface area contributed by atoms with Crippen molar-refractivity contribution in [2.75, 3.05) is 12.8 Å². The second-order valence-electron chi connectivity index (χ2n) is 27.7.